The van der Waals surface area contributed by atoms with Crippen LogP contribution in [0.4, 0.5) is 4.79 Å². The smallest absolute Gasteiger partial charge is 0.325 e. The number of halogens is 1. The summed E-state index contributed by atoms with van der Waals surface area (Å²) in [5.41, 5.74) is 0.111. The minimum Gasteiger partial charge on any atom is -0.353 e. The Morgan fingerprint density at radius 2 is 1.97 bits per heavy atom. The molecule has 29 heavy (non-hydrogen) atoms. The molecule has 8 heteroatoms. The van der Waals surface area contributed by atoms with E-state index in [-0.39, 0.29) is 30.3 Å². The number of hydrogen-bond donors (Lipinski definition) is 2. The van der Waals surface area contributed by atoms with Gasteiger partial charge in [-0.3, -0.25) is 19.4 Å². The third-order valence-electron chi connectivity index (χ3n) is 6.33. The van der Waals surface area contributed by atoms with Gasteiger partial charge in [-0.25, -0.2) is 4.79 Å². The van der Waals surface area contributed by atoms with Gasteiger partial charge in [-0.15, -0.1) is 0 Å². The molecule has 3 fully saturated rings. The van der Waals surface area contributed by atoms with Crippen molar-refractivity contribution in [1.82, 2.24) is 20.4 Å². The van der Waals surface area contributed by atoms with Crippen LogP contribution in [0.25, 0.3) is 0 Å². The molecule has 0 spiro atoms. The highest BCUT2D eigenvalue weighted by Gasteiger charge is 2.56. The van der Waals surface area contributed by atoms with Crippen molar-refractivity contribution in [1.29, 1.82) is 0 Å². The number of benzene rings is 1. The Morgan fingerprint density at radius 1 is 1.28 bits per heavy atom. The molecule has 4 rings (SSSR count). The van der Waals surface area contributed by atoms with Crippen LogP contribution in [0.5, 0.6) is 0 Å². The summed E-state index contributed by atoms with van der Waals surface area (Å²) in [6.45, 7) is 3.79. The second kappa shape index (κ2) is 7.95. The first-order chi connectivity index (χ1) is 13.9. The van der Waals surface area contributed by atoms with Gasteiger partial charge in [0.2, 0.25) is 5.91 Å². The minimum atomic E-state index is -0.868. The lowest BCUT2D eigenvalue weighted by Crippen LogP contribution is -2.47. The second-order valence-corrected chi connectivity index (χ2v) is 8.79. The topological polar surface area (TPSA) is 81.8 Å². The predicted octanol–water partition coefficient (Wildman–Crippen LogP) is 2.31. The van der Waals surface area contributed by atoms with Crippen molar-refractivity contribution in [3.63, 3.8) is 0 Å². The highest BCUT2D eigenvalue weighted by Crippen LogP contribution is 2.42. The van der Waals surface area contributed by atoms with Crippen LogP contribution in [0.1, 0.15) is 44.2 Å². The van der Waals surface area contributed by atoms with Crippen LogP contribution in [0.2, 0.25) is 5.02 Å². The standard InChI is InChI=1S/C21H27ClN4O3/c1-21(14-8-9-14)19(28)26(20(29)24-21)13-18(27)23-12-17(25-10-4-5-11-25)15-6-2-3-7-16(15)22/h2-3,6-7,14,17H,4-5,8-13H2,1H3,(H,23,27)(H,24,29)/t17-,21-/m0/s1. The summed E-state index contributed by atoms with van der Waals surface area (Å²) in [6, 6.07) is 7.15. The number of nitrogens with one attached hydrogen (secondary N) is 2. The van der Waals surface area contributed by atoms with Gasteiger partial charge in [0.25, 0.3) is 5.91 Å². The van der Waals surface area contributed by atoms with Gasteiger partial charge in [-0.05, 0) is 63.2 Å². The lowest BCUT2D eigenvalue weighted by Gasteiger charge is -2.29. The summed E-state index contributed by atoms with van der Waals surface area (Å²) in [4.78, 5) is 40.9. The zero-order valence-corrected chi connectivity index (χ0v) is 17.4. The van der Waals surface area contributed by atoms with E-state index >= 15 is 0 Å². The number of urea groups is 1. The number of imide groups is 1. The van der Waals surface area contributed by atoms with Gasteiger partial charge in [0, 0.05) is 11.6 Å². The molecule has 0 aromatic heterocycles. The maximum atomic E-state index is 12.7. The highest BCUT2D eigenvalue weighted by molar-refractivity contribution is 6.31. The van der Waals surface area contributed by atoms with Gasteiger partial charge in [0.15, 0.2) is 0 Å². The van der Waals surface area contributed by atoms with Gasteiger partial charge >= 0.3 is 6.03 Å². The molecule has 1 aliphatic carbocycles. The molecule has 156 valence electrons. The number of hydrogen-bond acceptors (Lipinski definition) is 4. The third-order valence-corrected chi connectivity index (χ3v) is 6.68. The van der Waals surface area contributed by atoms with Gasteiger partial charge in [-0.1, -0.05) is 29.8 Å². The molecule has 2 heterocycles. The molecule has 2 aliphatic heterocycles. The summed E-state index contributed by atoms with van der Waals surface area (Å²) in [5.74, 6) is -0.473. The summed E-state index contributed by atoms with van der Waals surface area (Å²) >= 11 is 6.41. The van der Waals surface area contributed by atoms with E-state index < -0.39 is 11.6 Å². The summed E-state index contributed by atoms with van der Waals surface area (Å²) < 4.78 is 0. The largest absolute Gasteiger partial charge is 0.353 e. The van der Waals surface area contributed by atoms with Crippen molar-refractivity contribution in [2.75, 3.05) is 26.2 Å². The lowest BCUT2D eigenvalue weighted by molar-refractivity contribution is -0.135. The van der Waals surface area contributed by atoms with E-state index in [1.54, 1.807) is 6.92 Å². The molecule has 2 saturated heterocycles. The number of likely N-dealkylation sites (tertiary alicyclic amines) is 1. The third kappa shape index (κ3) is 3.98. The summed E-state index contributed by atoms with van der Waals surface area (Å²) in [6.07, 6.45) is 4.10. The molecule has 7 nitrogen and oxygen atoms in total. The monoisotopic (exact) mass is 418 g/mol. The molecule has 0 bridgehead atoms. The van der Waals surface area contributed by atoms with Gasteiger partial charge in [0.1, 0.15) is 12.1 Å². The molecule has 0 unspecified atom stereocenters. The molecule has 0 radical (unpaired) electrons. The number of amides is 4. The van der Waals surface area contributed by atoms with Crippen LogP contribution in [-0.4, -0.2) is 59.4 Å². The maximum Gasteiger partial charge on any atom is 0.325 e. The van der Waals surface area contributed by atoms with E-state index in [2.05, 4.69) is 15.5 Å². The van der Waals surface area contributed by atoms with Crippen LogP contribution in [-0.2, 0) is 9.59 Å². The highest BCUT2D eigenvalue weighted by atomic mass is 35.5. The molecule has 1 aromatic carbocycles. The maximum absolute atomic E-state index is 12.7. The molecule has 2 atom stereocenters. The lowest BCUT2D eigenvalue weighted by atomic mass is 9.96. The van der Waals surface area contributed by atoms with Crippen molar-refractivity contribution in [3.05, 3.63) is 34.9 Å². The van der Waals surface area contributed by atoms with Crippen molar-refractivity contribution >= 4 is 29.4 Å². The predicted molar refractivity (Wildman–Crippen MR) is 109 cm³/mol. The SMILES string of the molecule is C[C@@]1(C2CC2)NC(=O)N(CC(=O)NC[C@@H](c2ccccc2Cl)N2CCCC2)C1=O. The fraction of sp³-hybridized carbons (Fsp3) is 0.571. The van der Waals surface area contributed by atoms with Crippen LogP contribution in [0.3, 0.4) is 0 Å². The zero-order valence-electron chi connectivity index (χ0n) is 16.6. The van der Waals surface area contributed by atoms with Crippen LogP contribution >= 0.6 is 11.6 Å². The summed E-state index contributed by atoms with van der Waals surface area (Å²) in [7, 11) is 0. The van der Waals surface area contributed by atoms with Crippen molar-refractivity contribution in [2.24, 2.45) is 5.92 Å². The minimum absolute atomic E-state index is 0.0324. The summed E-state index contributed by atoms with van der Waals surface area (Å²) in [5, 5.41) is 6.36. The van der Waals surface area contributed by atoms with Gasteiger partial charge < -0.3 is 10.6 Å². The number of nitrogens with zero attached hydrogens (tertiary/aromatic N) is 2. The van der Waals surface area contributed by atoms with E-state index in [4.69, 9.17) is 11.6 Å². The Labute approximate surface area is 175 Å². The molecule has 3 aliphatic rings. The van der Waals surface area contributed by atoms with E-state index in [0.29, 0.717) is 11.6 Å². The Hall–Kier alpha value is -2.12. The molecular formula is C21H27ClN4O3. The van der Waals surface area contributed by atoms with Gasteiger partial charge in [-0.2, -0.15) is 0 Å². The Morgan fingerprint density at radius 3 is 2.62 bits per heavy atom. The quantitative estimate of drug-likeness (QED) is 0.666. The van der Waals surface area contributed by atoms with Crippen molar-refractivity contribution < 1.29 is 14.4 Å². The van der Waals surface area contributed by atoms with Crippen molar-refractivity contribution in [3.8, 4) is 0 Å². The molecule has 2 N–H and O–H groups in total. The van der Waals surface area contributed by atoms with Crippen LogP contribution in [0, 0.1) is 5.92 Å². The molecule has 4 amide bonds. The second-order valence-electron chi connectivity index (χ2n) is 8.38. The van der Waals surface area contributed by atoms with Crippen LogP contribution in [0.15, 0.2) is 24.3 Å². The average Bonchev–Trinajstić information content (AvgIpc) is 3.38. The first kappa shape index (κ1) is 20.2. The average molecular weight is 419 g/mol. The molecular weight excluding hydrogens is 392 g/mol. The molecule has 1 saturated carbocycles. The van der Waals surface area contributed by atoms with Gasteiger partial charge in [0.05, 0.1) is 6.04 Å². The Bertz CT molecular complexity index is 822. The Balaban J connectivity index is 1.40. The number of rotatable bonds is 7. The first-order valence-electron chi connectivity index (χ1n) is 10.3. The van der Waals surface area contributed by atoms with E-state index in [0.717, 1.165) is 49.2 Å². The van der Waals surface area contributed by atoms with E-state index in [1.165, 1.54) is 0 Å². The van der Waals surface area contributed by atoms with Crippen LogP contribution < -0.4 is 10.6 Å². The first-order valence-corrected chi connectivity index (χ1v) is 10.7. The molecule has 1 aromatic rings. The number of carbonyl (C=O) groups excluding carboxylic acids is 3. The van der Waals surface area contributed by atoms with E-state index in [1.807, 2.05) is 24.3 Å². The number of carbonyl (C=O) groups is 3. The fourth-order valence-electron chi connectivity index (χ4n) is 4.44. The fourth-order valence-corrected chi connectivity index (χ4v) is 4.70. The normalized spacial score (nSPS) is 25.9. The van der Waals surface area contributed by atoms with Crippen molar-refractivity contribution in [2.45, 2.75) is 44.2 Å². The van der Waals surface area contributed by atoms with E-state index in [9.17, 15) is 14.4 Å². The zero-order chi connectivity index (χ0) is 20.6. The Kier molecular flexibility index (Phi) is 5.53.